The molecule has 0 aromatic carbocycles. The first-order chi connectivity index (χ1) is 7.56. The zero-order valence-corrected chi connectivity index (χ0v) is 10.3. The Hall–Kier alpha value is -1.24. The fourth-order valence-corrected chi connectivity index (χ4v) is 2.17. The molecule has 0 saturated heterocycles. The van der Waals surface area contributed by atoms with E-state index in [1.54, 1.807) is 4.57 Å². The molecule has 1 heterocycles. The van der Waals surface area contributed by atoms with Crippen LogP contribution in [0.3, 0.4) is 0 Å². The van der Waals surface area contributed by atoms with Crippen LogP contribution < -0.4 is 5.69 Å². The van der Waals surface area contributed by atoms with Gasteiger partial charge in [-0.05, 0) is 13.8 Å². The third kappa shape index (κ3) is 3.13. The summed E-state index contributed by atoms with van der Waals surface area (Å²) in [5, 5.41) is 6.89. The van der Waals surface area contributed by atoms with E-state index < -0.39 is 0 Å². The van der Waals surface area contributed by atoms with Crippen molar-refractivity contribution < 1.29 is 9.53 Å². The summed E-state index contributed by atoms with van der Waals surface area (Å²) in [5.74, 6) is 0.283. The average Bonchev–Trinajstić information content (AvgIpc) is 2.59. The Morgan fingerprint density at radius 3 is 2.88 bits per heavy atom. The second kappa shape index (κ2) is 5.74. The first kappa shape index (κ1) is 12.8. The van der Waals surface area contributed by atoms with Gasteiger partial charge in [-0.2, -0.15) is 0 Å². The number of hydrogen-bond acceptors (Lipinski definition) is 5. The van der Waals surface area contributed by atoms with Crippen molar-refractivity contribution in [2.75, 3.05) is 12.9 Å². The highest BCUT2D eigenvalue weighted by Crippen LogP contribution is 2.17. The van der Waals surface area contributed by atoms with E-state index in [1.807, 2.05) is 13.8 Å². The van der Waals surface area contributed by atoms with Crippen LogP contribution in [0.1, 0.15) is 26.3 Å². The molecule has 0 aliphatic rings. The summed E-state index contributed by atoms with van der Waals surface area (Å²) in [5.41, 5.74) is -0.226. The molecule has 1 aromatic rings. The quantitative estimate of drug-likeness (QED) is 0.613. The van der Waals surface area contributed by atoms with Gasteiger partial charge in [0.05, 0.1) is 13.5 Å². The fraction of sp³-hybridized carbons (Fsp3) is 0.667. The molecule has 1 rings (SSSR count). The van der Waals surface area contributed by atoms with Gasteiger partial charge in [-0.25, -0.2) is 9.89 Å². The van der Waals surface area contributed by atoms with Crippen molar-refractivity contribution in [1.82, 2.24) is 14.8 Å². The van der Waals surface area contributed by atoms with Crippen molar-refractivity contribution in [2.45, 2.75) is 31.5 Å². The topological polar surface area (TPSA) is 77.0 Å². The lowest BCUT2D eigenvalue weighted by molar-refractivity contribution is -0.140. The van der Waals surface area contributed by atoms with Crippen LogP contribution in [0.5, 0.6) is 0 Å². The maximum atomic E-state index is 11.4. The summed E-state index contributed by atoms with van der Waals surface area (Å²) in [6, 6.07) is 0.0480. The van der Waals surface area contributed by atoms with E-state index in [9.17, 15) is 9.59 Å². The second-order valence-electron chi connectivity index (χ2n) is 3.45. The summed E-state index contributed by atoms with van der Waals surface area (Å²) in [6.45, 7) is 3.81. The number of aromatic nitrogens is 3. The number of nitrogens with one attached hydrogen (secondary N) is 1. The van der Waals surface area contributed by atoms with E-state index in [4.69, 9.17) is 0 Å². The lowest BCUT2D eigenvalue weighted by Gasteiger charge is -2.07. The number of hydrogen-bond donors (Lipinski definition) is 1. The van der Waals surface area contributed by atoms with Crippen LogP contribution in [0.25, 0.3) is 0 Å². The van der Waals surface area contributed by atoms with E-state index in [1.165, 1.54) is 18.9 Å². The Kier molecular flexibility index (Phi) is 4.60. The molecule has 0 atom stereocenters. The maximum Gasteiger partial charge on any atom is 0.344 e. The van der Waals surface area contributed by atoms with Gasteiger partial charge in [0.25, 0.3) is 0 Å². The van der Waals surface area contributed by atoms with Crippen molar-refractivity contribution in [3.8, 4) is 0 Å². The van der Waals surface area contributed by atoms with Gasteiger partial charge in [-0.15, -0.1) is 5.10 Å². The van der Waals surface area contributed by atoms with Crippen LogP contribution in [0, 0.1) is 0 Å². The number of carbonyl (C=O) groups excluding carboxylic acids is 1. The third-order valence-corrected chi connectivity index (χ3v) is 2.91. The van der Waals surface area contributed by atoms with Crippen LogP contribution in [0.15, 0.2) is 9.95 Å². The molecule has 1 N–H and O–H groups in total. The maximum absolute atomic E-state index is 11.4. The molecule has 6 nitrogen and oxygen atoms in total. The zero-order valence-electron chi connectivity index (χ0n) is 9.52. The number of carbonyl (C=O) groups is 1. The summed E-state index contributed by atoms with van der Waals surface area (Å²) in [4.78, 5) is 22.3. The zero-order chi connectivity index (χ0) is 12.1. The van der Waals surface area contributed by atoms with Crippen molar-refractivity contribution in [1.29, 1.82) is 0 Å². The molecule has 0 unspecified atom stereocenters. The van der Waals surface area contributed by atoms with Crippen molar-refractivity contribution >= 4 is 17.7 Å². The number of nitrogens with zero attached hydrogens (tertiary/aromatic N) is 2. The van der Waals surface area contributed by atoms with Gasteiger partial charge in [0.15, 0.2) is 5.16 Å². The lowest BCUT2D eigenvalue weighted by Crippen LogP contribution is -2.19. The molecule has 0 spiro atoms. The minimum Gasteiger partial charge on any atom is -0.469 e. The van der Waals surface area contributed by atoms with Crippen LogP contribution in [-0.2, 0) is 9.53 Å². The largest absolute Gasteiger partial charge is 0.469 e. The predicted molar refractivity (Wildman–Crippen MR) is 60.6 cm³/mol. The molecule has 16 heavy (non-hydrogen) atoms. The Morgan fingerprint density at radius 2 is 2.31 bits per heavy atom. The molecule has 0 amide bonds. The molecular formula is C9H15N3O3S. The van der Waals surface area contributed by atoms with E-state index in [0.29, 0.717) is 17.3 Å². The number of esters is 1. The highest BCUT2D eigenvalue weighted by Gasteiger charge is 2.12. The van der Waals surface area contributed by atoms with Crippen molar-refractivity contribution in [2.24, 2.45) is 0 Å². The fourth-order valence-electron chi connectivity index (χ4n) is 1.18. The number of methoxy groups -OCH3 is 1. The third-order valence-electron chi connectivity index (χ3n) is 1.95. The van der Waals surface area contributed by atoms with E-state index in [0.717, 1.165) is 0 Å². The second-order valence-corrected chi connectivity index (χ2v) is 4.51. The molecule has 0 aliphatic carbocycles. The summed E-state index contributed by atoms with van der Waals surface area (Å²) < 4.78 is 6.08. The van der Waals surface area contributed by atoms with E-state index in [2.05, 4.69) is 14.9 Å². The monoisotopic (exact) mass is 245 g/mol. The van der Waals surface area contributed by atoms with Gasteiger partial charge in [-0.1, -0.05) is 11.8 Å². The number of rotatable bonds is 5. The van der Waals surface area contributed by atoms with E-state index >= 15 is 0 Å². The molecule has 7 heteroatoms. The van der Waals surface area contributed by atoms with Crippen molar-refractivity contribution in [3.05, 3.63) is 10.5 Å². The predicted octanol–water partition coefficient (Wildman–Crippen LogP) is 0.807. The van der Waals surface area contributed by atoms with Gasteiger partial charge in [0, 0.05) is 11.8 Å². The molecule has 0 bridgehead atoms. The summed E-state index contributed by atoms with van der Waals surface area (Å²) in [6.07, 6.45) is 0.306. The van der Waals surface area contributed by atoms with Gasteiger partial charge < -0.3 is 4.74 Å². The smallest absolute Gasteiger partial charge is 0.344 e. The Balaban J connectivity index is 2.61. The standard InChI is InChI=1S/C9H15N3O3S/c1-6(2)12-8(14)10-11-9(12)16-5-4-7(13)15-3/h6H,4-5H2,1-3H3,(H,10,14). The van der Waals surface area contributed by atoms with Gasteiger partial charge in [0.2, 0.25) is 0 Å². The van der Waals surface area contributed by atoms with Gasteiger partial charge in [-0.3, -0.25) is 9.36 Å². The molecule has 0 saturated carbocycles. The number of H-pyrrole nitrogens is 1. The summed E-state index contributed by atoms with van der Waals surface area (Å²) >= 11 is 1.36. The minimum atomic E-state index is -0.263. The molecule has 1 aromatic heterocycles. The number of thioether (sulfide) groups is 1. The summed E-state index contributed by atoms with van der Waals surface area (Å²) in [7, 11) is 1.35. The van der Waals surface area contributed by atoms with Crippen LogP contribution in [0.2, 0.25) is 0 Å². The van der Waals surface area contributed by atoms with E-state index in [-0.39, 0.29) is 17.7 Å². The Bertz CT molecular complexity index is 410. The Labute approximate surface area is 97.4 Å². The highest BCUT2D eigenvalue weighted by molar-refractivity contribution is 7.99. The first-order valence-electron chi connectivity index (χ1n) is 4.92. The molecule has 0 aliphatic heterocycles. The highest BCUT2D eigenvalue weighted by atomic mass is 32.2. The van der Waals surface area contributed by atoms with Crippen LogP contribution >= 0.6 is 11.8 Å². The molecule has 0 radical (unpaired) electrons. The Morgan fingerprint density at radius 1 is 1.62 bits per heavy atom. The first-order valence-corrected chi connectivity index (χ1v) is 5.91. The minimum absolute atomic E-state index is 0.0480. The SMILES string of the molecule is COC(=O)CCSc1n[nH]c(=O)n1C(C)C. The van der Waals surface area contributed by atoms with Crippen LogP contribution in [0.4, 0.5) is 0 Å². The molecule has 0 fully saturated rings. The van der Waals surface area contributed by atoms with Gasteiger partial charge >= 0.3 is 11.7 Å². The number of aromatic amines is 1. The number of ether oxygens (including phenoxy) is 1. The lowest BCUT2D eigenvalue weighted by atomic mass is 10.4. The molecule has 90 valence electrons. The normalized spacial score (nSPS) is 10.8. The average molecular weight is 245 g/mol. The van der Waals surface area contributed by atoms with Crippen molar-refractivity contribution in [3.63, 3.8) is 0 Å². The molecular weight excluding hydrogens is 230 g/mol. The van der Waals surface area contributed by atoms with Gasteiger partial charge in [0.1, 0.15) is 0 Å². The van der Waals surface area contributed by atoms with Crippen LogP contribution in [-0.4, -0.2) is 33.6 Å².